The number of nitrogens with zero attached hydrogens (tertiary/aromatic N) is 1. The first-order valence-electron chi connectivity index (χ1n) is 6.51. The van der Waals surface area contributed by atoms with Gasteiger partial charge in [-0.15, -0.1) is 0 Å². The zero-order valence-electron chi connectivity index (χ0n) is 11.0. The van der Waals surface area contributed by atoms with Crippen molar-refractivity contribution in [1.82, 2.24) is 5.32 Å². The van der Waals surface area contributed by atoms with Crippen LogP contribution in [0.5, 0.6) is 0 Å². The zero-order chi connectivity index (χ0) is 13.1. The maximum atomic E-state index is 9.48. The van der Waals surface area contributed by atoms with Crippen LogP contribution in [0.15, 0.2) is 22.7 Å². The molecule has 1 aromatic rings. The second-order valence-electron chi connectivity index (χ2n) is 4.89. The fourth-order valence-corrected chi connectivity index (χ4v) is 2.98. The largest absolute Gasteiger partial charge is 0.394 e. The van der Waals surface area contributed by atoms with Gasteiger partial charge in [0.15, 0.2) is 0 Å². The van der Waals surface area contributed by atoms with Crippen molar-refractivity contribution >= 4 is 21.6 Å². The molecule has 0 saturated carbocycles. The predicted octanol–water partition coefficient (Wildman–Crippen LogP) is 2.69. The van der Waals surface area contributed by atoms with Crippen LogP contribution < -0.4 is 10.2 Å². The van der Waals surface area contributed by atoms with Crippen LogP contribution in [0.3, 0.4) is 0 Å². The second kappa shape index (κ2) is 6.04. The molecular formula is C14H21BrN2O. The molecule has 0 amide bonds. The molecule has 2 unspecified atom stereocenters. The highest BCUT2D eigenvalue weighted by Crippen LogP contribution is 2.34. The molecule has 1 fully saturated rings. The van der Waals surface area contributed by atoms with E-state index >= 15 is 0 Å². The van der Waals surface area contributed by atoms with E-state index in [1.54, 1.807) is 0 Å². The van der Waals surface area contributed by atoms with Gasteiger partial charge in [-0.3, -0.25) is 0 Å². The molecule has 1 saturated heterocycles. The van der Waals surface area contributed by atoms with Crippen LogP contribution >= 0.6 is 15.9 Å². The Morgan fingerprint density at radius 2 is 2.33 bits per heavy atom. The summed E-state index contributed by atoms with van der Waals surface area (Å²) in [5, 5.41) is 12.8. The molecule has 2 atom stereocenters. The summed E-state index contributed by atoms with van der Waals surface area (Å²) in [6.45, 7) is 3.43. The number of halogens is 1. The van der Waals surface area contributed by atoms with Gasteiger partial charge < -0.3 is 15.3 Å². The summed E-state index contributed by atoms with van der Waals surface area (Å²) in [6.07, 6.45) is 2.24. The van der Waals surface area contributed by atoms with Crippen LogP contribution in [0.25, 0.3) is 0 Å². The van der Waals surface area contributed by atoms with Gasteiger partial charge in [-0.25, -0.2) is 0 Å². The van der Waals surface area contributed by atoms with Crippen molar-refractivity contribution < 1.29 is 5.11 Å². The van der Waals surface area contributed by atoms with Crippen LogP contribution in [0, 0.1) is 0 Å². The third-order valence-corrected chi connectivity index (χ3v) is 4.28. The molecule has 100 valence electrons. The number of aliphatic hydroxyl groups is 1. The standard InChI is InChI=1S/C14H21BrN2O/c1-10(16-2)13-6-5-11(15)8-14(13)17-7-3-4-12(17)9-18/h5-6,8,10,12,16,18H,3-4,7,9H2,1-2H3. The Balaban J connectivity index is 2.38. The number of aliphatic hydroxyl groups excluding tert-OH is 1. The van der Waals surface area contributed by atoms with Gasteiger partial charge in [-0.1, -0.05) is 22.0 Å². The molecule has 0 spiro atoms. The van der Waals surface area contributed by atoms with Gasteiger partial charge in [0.05, 0.1) is 12.6 Å². The molecule has 0 aromatic heterocycles. The molecular weight excluding hydrogens is 292 g/mol. The number of hydrogen-bond donors (Lipinski definition) is 2. The van der Waals surface area contributed by atoms with Gasteiger partial charge in [-0.2, -0.15) is 0 Å². The molecule has 1 aliphatic rings. The molecule has 18 heavy (non-hydrogen) atoms. The molecule has 2 rings (SSSR count). The minimum absolute atomic E-state index is 0.236. The van der Waals surface area contributed by atoms with Crippen molar-refractivity contribution in [2.75, 3.05) is 25.1 Å². The summed E-state index contributed by atoms with van der Waals surface area (Å²) in [5.41, 5.74) is 2.53. The number of anilines is 1. The van der Waals surface area contributed by atoms with E-state index in [0.29, 0.717) is 6.04 Å². The summed E-state index contributed by atoms with van der Waals surface area (Å²) in [5.74, 6) is 0. The maximum absolute atomic E-state index is 9.48. The van der Waals surface area contributed by atoms with Crippen molar-refractivity contribution in [3.63, 3.8) is 0 Å². The zero-order valence-corrected chi connectivity index (χ0v) is 12.6. The van der Waals surface area contributed by atoms with Crippen molar-refractivity contribution in [2.45, 2.75) is 31.8 Å². The van der Waals surface area contributed by atoms with E-state index in [4.69, 9.17) is 0 Å². The summed E-state index contributed by atoms with van der Waals surface area (Å²) in [6, 6.07) is 6.98. The van der Waals surface area contributed by atoms with E-state index in [-0.39, 0.29) is 12.6 Å². The van der Waals surface area contributed by atoms with Gasteiger partial charge >= 0.3 is 0 Å². The Bertz CT molecular complexity index is 411. The van der Waals surface area contributed by atoms with Crippen LogP contribution in [0.1, 0.15) is 31.4 Å². The molecule has 4 heteroatoms. The minimum atomic E-state index is 0.236. The highest BCUT2D eigenvalue weighted by molar-refractivity contribution is 9.10. The van der Waals surface area contributed by atoms with E-state index in [0.717, 1.165) is 23.9 Å². The van der Waals surface area contributed by atoms with Crippen LogP contribution in [-0.4, -0.2) is 31.3 Å². The van der Waals surface area contributed by atoms with E-state index in [1.807, 2.05) is 7.05 Å². The number of hydrogen-bond acceptors (Lipinski definition) is 3. The van der Waals surface area contributed by atoms with Crippen LogP contribution in [0.2, 0.25) is 0 Å². The topological polar surface area (TPSA) is 35.5 Å². The quantitative estimate of drug-likeness (QED) is 0.897. The second-order valence-corrected chi connectivity index (χ2v) is 5.80. The molecule has 0 aliphatic carbocycles. The lowest BCUT2D eigenvalue weighted by molar-refractivity contribution is 0.266. The smallest absolute Gasteiger partial charge is 0.0635 e. The Labute approximate surface area is 117 Å². The van der Waals surface area contributed by atoms with Crippen molar-refractivity contribution in [2.24, 2.45) is 0 Å². The highest BCUT2D eigenvalue weighted by Gasteiger charge is 2.26. The van der Waals surface area contributed by atoms with Gasteiger partial charge in [-0.05, 0) is 44.5 Å². The van der Waals surface area contributed by atoms with Crippen LogP contribution in [-0.2, 0) is 0 Å². The first-order chi connectivity index (χ1) is 8.67. The molecule has 1 heterocycles. The van der Waals surface area contributed by atoms with Gasteiger partial charge in [0.2, 0.25) is 0 Å². The van der Waals surface area contributed by atoms with Gasteiger partial charge in [0.1, 0.15) is 0 Å². The maximum Gasteiger partial charge on any atom is 0.0635 e. The molecule has 2 N–H and O–H groups in total. The van der Waals surface area contributed by atoms with Crippen LogP contribution in [0.4, 0.5) is 5.69 Å². The first-order valence-corrected chi connectivity index (χ1v) is 7.31. The van der Waals surface area contributed by atoms with Crippen molar-refractivity contribution in [3.05, 3.63) is 28.2 Å². The summed E-state index contributed by atoms with van der Waals surface area (Å²) >= 11 is 3.55. The molecule has 1 aliphatic heterocycles. The Hall–Kier alpha value is -0.580. The Morgan fingerprint density at radius 3 is 3.00 bits per heavy atom. The lowest BCUT2D eigenvalue weighted by atomic mass is 10.0. The van der Waals surface area contributed by atoms with E-state index in [1.165, 1.54) is 11.3 Å². The van der Waals surface area contributed by atoms with Gasteiger partial charge in [0.25, 0.3) is 0 Å². The number of nitrogens with one attached hydrogen (secondary N) is 1. The Kier molecular flexibility index (Phi) is 4.65. The first kappa shape index (κ1) is 13.8. The third kappa shape index (κ3) is 2.71. The van der Waals surface area contributed by atoms with Crippen molar-refractivity contribution in [3.8, 4) is 0 Å². The molecule has 0 bridgehead atoms. The normalized spacial score (nSPS) is 21.3. The van der Waals surface area contributed by atoms with E-state index in [9.17, 15) is 5.11 Å². The third-order valence-electron chi connectivity index (χ3n) is 3.79. The minimum Gasteiger partial charge on any atom is -0.394 e. The van der Waals surface area contributed by atoms with Gasteiger partial charge in [0, 0.05) is 22.7 Å². The monoisotopic (exact) mass is 312 g/mol. The molecule has 3 nitrogen and oxygen atoms in total. The lowest BCUT2D eigenvalue weighted by Crippen LogP contribution is -2.33. The lowest BCUT2D eigenvalue weighted by Gasteiger charge is -2.29. The Morgan fingerprint density at radius 1 is 1.56 bits per heavy atom. The molecule has 0 radical (unpaired) electrons. The SMILES string of the molecule is CNC(C)c1ccc(Br)cc1N1CCCC1CO. The highest BCUT2D eigenvalue weighted by atomic mass is 79.9. The summed E-state index contributed by atoms with van der Waals surface area (Å²) < 4.78 is 1.09. The fraction of sp³-hybridized carbons (Fsp3) is 0.571. The van der Waals surface area contributed by atoms with E-state index < -0.39 is 0 Å². The fourth-order valence-electron chi connectivity index (χ4n) is 2.63. The number of benzene rings is 1. The average molecular weight is 313 g/mol. The van der Waals surface area contributed by atoms with E-state index in [2.05, 4.69) is 51.3 Å². The summed E-state index contributed by atoms with van der Waals surface area (Å²) in [7, 11) is 1.98. The molecule has 1 aromatic carbocycles. The summed E-state index contributed by atoms with van der Waals surface area (Å²) in [4.78, 5) is 2.34. The predicted molar refractivity (Wildman–Crippen MR) is 79.1 cm³/mol. The average Bonchev–Trinajstić information content (AvgIpc) is 2.85. The van der Waals surface area contributed by atoms with Crippen molar-refractivity contribution in [1.29, 1.82) is 0 Å². The number of rotatable bonds is 4.